The maximum Gasteiger partial charge on any atom is 2.00 e. The molecule has 2 aliphatic rings. The number of rotatable bonds is 2. The monoisotopic (exact) mass is 818 g/mol. The van der Waals surface area contributed by atoms with Crippen LogP contribution in [0.2, 0.25) is 0 Å². The maximum atomic E-state index is 11.2. The van der Waals surface area contributed by atoms with Crippen molar-refractivity contribution in [3.05, 3.63) is 169 Å². The fourth-order valence-electron chi connectivity index (χ4n) is 8.34. The number of phenolic OH excluding ortho intramolecular Hbond substituents is 2. The van der Waals surface area contributed by atoms with Crippen molar-refractivity contribution in [1.29, 1.82) is 0 Å². The van der Waals surface area contributed by atoms with Gasteiger partial charge >= 0.3 is 21.7 Å². The average molecular weight is 819 g/mol. The van der Waals surface area contributed by atoms with Gasteiger partial charge in [0.2, 0.25) is 0 Å². The zero-order chi connectivity index (χ0) is 40.5. The van der Waals surface area contributed by atoms with Crippen LogP contribution in [0.25, 0.3) is 44.5 Å². The zero-order valence-electron chi connectivity index (χ0n) is 38.2. The average Bonchev–Trinajstić information content (AvgIpc) is 3.67. The van der Waals surface area contributed by atoms with Gasteiger partial charge in [-0.1, -0.05) is 180 Å². The van der Waals surface area contributed by atoms with Crippen LogP contribution in [-0.2, 0) is 56.2 Å². The largest absolute Gasteiger partial charge is 2.00 e. The molecule has 2 N–H and O–H groups in total. The van der Waals surface area contributed by atoms with E-state index in [1.807, 2.05) is 0 Å². The molecule has 0 aliphatic heterocycles. The predicted molar refractivity (Wildman–Crippen MR) is 251 cm³/mol. The second kappa shape index (κ2) is 16.9. The smallest absolute Gasteiger partial charge is 0.507 e. The van der Waals surface area contributed by atoms with Gasteiger partial charge in [0.1, 0.15) is 11.5 Å². The van der Waals surface area contributed by atoms with E-state index in [0.717, 1.165) is 46.2 Å². The van der Waals surface area contributed by atoms with Gasteiger partial charge in [-0.3, -0.25) is 0 Å². The molecule has 0 atom stereocenters. The Bertz CT molecular complexity index is 2300. The van der Waals surface area contributed by atoms with E-state index in [1.165, 1.54) is 55.6 Å². The summed E-state index contributed by atoms with van der Waals surface area (Å²) in [5.41, 5.74) is 19.2. The molecular weight excluding hydrogens is 752 g/mol. The van der Waals surface area contributed by atoms with E-state index in [0.29, 0.717) is 11.5 Å². The Morgan fingerprint density at radius 1 is 0.356 bits per heavy atom. The van der Waals surface area contributed by atoms with E-state index < -0.39 is 0 Å². The Hall–Kier alpha value is -4.37. The molecule has 6 aromatic rings. The molecule has 2 aliphatic carbocycles. The molecule has 59 heavy (non-hydrogen) atoms. The molecule has 0 spiro atoms. The van der Waals surface area contributed by atoms with Gasteiger partial charge in [0.05, 0.1) is 0 Å². The topological polar surface area (TPSA) is 40.5 Å². The Morgan fingerprint density at radius 2 is 0.678 bits per heavy atom. The minimum atomic E-state index is -0.118. The van der Waals surface area contributed by atoms with Gasteiger partial charge in [-0.05, 0) is 113 Å². The second-order valence-electron chi connectivity index (χ2n) is 20.3. The Morgan fingerprint density at radius 3 is 1.00 bits per heavy atom. The predicted octanol–water partition coefficient (Wildman–Crippen LogP) is 15.3. The third kappa shape index (κ3) is 9.35. The van der Waals surface area contributed by atoms with E-state index in [-0.39, 0.29) is 58.2 Å². The number of fused-ring (bicyclic) bond motifs is 6. The van der Waals surface area contributed by atoms with Gasteiger partial charge < -0.3 is 25.1 Å². The molecule has 0 amide bonds. The third-order valence-corrected chi connectivity index (χ3v) is 11.8. The number of hydrogen-bond donors (Lipinski definition) is 2. The van der Waals surface area contributed by atoms with Crippen LogP contribution in [-0.4, -0.2) is 10.2 Å². The van der Waals surface area contributed by atoms with Gasteiger partial charge in [0.15, 0.2) is 0 Å². The molecule has 0 aromatic heterocycles. The SMILES string of the molecule is CC(C)(C)c1cc(-c2ccc3c(c2)Cc2ccccc2-3)c(O)c(C(C)(C)C)c1.CC(C)(C)c1cc(-c2ccc3c(c2)Cc2ccccc2-3)c(O)c(C(C)(C)C)c1.[CH3-].[CH3-].[Ti+2]. The van der Waals surface area contributed by atoms with Crippen LogP contribution >= 0.6 is 0 Å². The van der Waals surface area contributed by atoms with Crippen molar-refractivity contribution in [3.8, 4) is 56.0 Å². The molecule has 0 fully saturated rings. The molecule has 0 saturated carbocycles. The zero-order valence-corrected chi connectivity index (χ0v) is 39.8. The fraction of sp³-hybridized carbons (Fsp3) is 0.321. The third-order valence-electron chi connectivity index (χ3n) is 11.8. The van der Waals surface area contributed by atoms with Gasteiger partial charge in [0, 0.05) is 22.3 Å². The van der Waals surface area contributed by atoms with Crippen molar-refractivity contribution in [3.63, 3.8) is 0 Å². The first-order valence-corrected chi connectivity index (χ1v) is 20.3. The van der Waals surface area contributed by atoms with Crippen molar-refractivity contribution in [1.82, 2.24) is 0 Å². The Labute approximate surface area is 372 Å². The van der Waals surface area contributed by atoms with Crippen LogP contribution in [0.4, 0.5) is 0 Å². The summed E-state index contributed by atoms with van der Waals surface area (Å²) in [7, 11) is 0. The quantitative estimate of drug-likeness (QED) is 0.135. The van der Waals surface area contributed by atoms with E-state index in [1.54, 1.807) is 0 Å². The number of benzene rings is 6. The molecule has 6 aromatic carbocycles. The van der Waals surface area contributed by atoms with Crippen molar-refractivity contribution in [2.75, 3.05) is 0 Å². The number of aromatic hydroxyl groups is 2. The Balaban J connectivity index is 0.000000248. The summed E-state index contributed by atoms with van der Waals surface area (Å²) < 4.78 is 0. The van der Waals surface area contributed by atoms with Crippen molar-refractivity contribution in [2.45, 2.75) is 118 Å². The first-order valence-electron chi connectivity index (χ1n) is 20.3. The molecule has 0 unspecified atom stereocenters. The van der Waals surface area contributed by atoms with Crippen molar-refractivity contribution >= 4 is 0 Å². The molecule has 0 bridgehead atoms. The van der Waals surface area contributed by atoms with Crippen molar-refractivity contribution < 1.29 is 31.9 Å². The molecule has 2 nitrogen and oxygen atoms in total. The minimum Gasteiger partial charge on any atom is -0.507 e. The minimum absolute atomic E-state index is 0. The number of hydrogen-bond acceptors (Lipinski definition) is 2. The molecule has 306 valence electrons. The summed E-state index contributed by atoms with van der Waals surface area (Å²) in [6.45, 7) is 26.4. The van der Waals surface area contributed by atoms with Crippen LogP contribution in [0.15, 0.2) is 109 Å². The summed E-state index contributed by atoms with van der Waals surface area (Å²) in [5, 5.41) is 22.4. The van der Waals surface area contributed by atoms with Crippen LogP contribution in [0.3, 0.4) is 0 Å². The van der Waals surface area contributed by atoms with Crippen molar-refractivity contribution in [2.24, 2.45) is 0 Å². The van der Waals surface area contributed by atoms with E-state index in [4.69, 9.17) is 0 Å². The van der Waals surface area contributed by atoms with Gasteiger partial charge in [-0.15, -0.1) is 0 Å². The first-order chi connectivity index (χ1) is 26.1. The summed E-state index contributed by atoms with van der Waals surface area (Å²) in [4.78, 5) is 0. The second-order valence-corrected chi connectivity index (χ2v) is 20.3. The number of phenols is 2. The van der Waals surface area contributed by atoms with Crippen LogP contribution in [0.5, 0.6) is 11.5 Å². The van der Waals surface area contributed by atoms with Gasteiger partial charge in [-0.25, -0.2) is 0 Å². The molecule has 0 radical (unpaired) electrons. The van der Waals surface area contributed by atoms with Crippen LogP contribution < -0.4 is 0 Å². The standard InChI is InChI=1S/2C27H30O.2CH3.Ti/c2*1-26(2,3)20-15-23(25(28)24(16-20)27(4,5)6)18-11-12-22-19(14-18)13-17-9-7-8-10-21(17)22;;;/h2*7-12,14-16,28H,13H2,1-6H3;2*1H3;/q;;2*-1;+2. The summed E-state index contributed by atoms with van der Waals surface area (Å²) in [6.07, 6.45) is 1.93. The van der Waals surface area contributed by atoms with Crippen LogP contribution in [0.1, 0.15) is 128 Å². The van der Waals surface area contributed by atoms with E-state index in [9.17, 15) is 10.2 Å². The van der Waals surface area contributed by atoms with E-state index in [2.05, 4.69) is 192 Å². The normalized spacial score (nSPS) is 12.7. The molecule has 3 heteroatoms. The van der Waals surface area contributed by atoms with E-state index >= 15 is 0 Å². The van der Waals surface area contributed by atoms with Crippen LogP contribution in [0, 0.1) is 14.9 Å². The van der Waals surface area contributed by atoms with Gasteiger partial charge in [-0.2, -0.15) is 0 Å². The molecule has 0 heterocycles. The molecular formula is C56H66O2Ti. The molecule has 0 saturated heterocycles. The summed E-state index contributed by atoms with van der Waals surface area (Å²) in [5.74, 6) is 0.826. The Kier molecular flexibility index (Phi) is 13.6. The molecule has 8 rings (SSSR count). The first kappa shape index (κ1) is 47.3. The summed E-state index contributed by atoms with van der Waals surface area (Å²) >= 11 is 0. The fourth-order valence-corrected chi connectivity index (χ4v) is 8.34. The maximum absolute atomic E-state index is 11.2. The summed E-state index contributed by atoms with van der Waals surface area (Å²) in [6, 6.07) is 39.3. The van der Waals surface area contributed by atoms with Gasteiger partial charge in [0.25, 0.3) is 0 Å².